The minimum atomic E-state index is -1.07. The number of para-hydroxylation sites is 2. The number of aromatic nitrogens is 2. The number of nitrogens with zero attached hydrogens (tertiary/aromatic N) is 2. The molecule has 194 valence electrons. The smallest absolute Gasteiger partial charge is 0.359 e. The predicted octanol–water partition coefficient (Wildman–Crippen LogP) is 5.32. The summed E-state index contributed by atoms with van der Waals surface area (Å²) in [6.45, 7) is 1.74. The molecule has 1 N–H and O–H groups in total. The van der Waals surface area contributed by atoms with Crippen molar-refractivity contribution in [3.8, 4) is 0 Å². The van der Waals surface area contributed by atoms with Gasteiger partial charge in [0, 0.05) is 4.88 Å². The first kappa shape index (κ1) is 25.5. The highest BCUT2D eigenvalue weighted by Gasteiger charge is 2.32. The van der Waals surface area contributed by atoms with Gasteiger partial charge in [-0.25, -0.2) is 14.6 Å². The molecule has 2 atom stereocenters. The third-order valence-electron chi connectivity index (χ3n) is 6.73. The molecule has 2 aromatic carbocycles. The van der Waals surface area contributed by atoms with Crippen molar-refractivity contribution in [2.45, 2.75) is 44.6 Å². The van der Waals surface area contributed by atoms with E-state index in [-0.39, 0.29) is 12.1 Å². The van der Waals surface area contributed by atoms with Crippen molar-refractivity contribution in [3.63, 3.8) is 0 Å². The predicted molar refractivity (Wildman–Crippen MR) is 145 cm³/mol. The highest BCUT2D eigenvalue weighted by molar-refractivity contribution is 7.17. The molecular formula is C29H27N3O5S. The molecule has 0 saturated heterocycles. The second kappa shape index (κ2) is 11.1. The second-order valence-electron chi connectivity index (χ2n) is 9.09. The normalized spacial score (nSPS) is 15.4. The SMILES string of the molecule is CCC(OC(=O)c1cnc2ccccc2n1)C(=O)Nc1sc2c(c1C(=O)OC)CCC(c1ccccc1)C2. The molecule has 1 aliphatic carbocycles. The summed E-state index contributed by atoms with van der Waals surface area (Å²) in [6, 6.07) is 17.5. The number of thiophene rings is 1. The highest BCUT2D eigenvalue weighted by atomic mass is 32.1. The van der Waals surface area contributed by atoms with E-state index in [9.17, 15) is 14.4 Å². The molecule has 2 aromatic heterocycles. The van der Waals surface area contributed by atoms with Gasteiger partial charge in [-0.3, -0.25) is 9.78 Å². The first-order chi connectivity index (χ1) is 18.5. The summed E-state index contributed by atoms with van der Waals surface area (Å²) in [6.07, 6.45) is 2.88. The van der Waals surface area contributed by atoms with E-state index < -0.39 is 23.9 Å². The summed E-state index contributed by atoms with van der Waals surface area (Å²) in [7, 11) is 1.33. The molecule has 0 bridgehead atoms. The summed E-state index contributed by atoms with van der Waals surface area (Å²) in [5.41, 5.74) is 3.78. The summed E-state index contributed by atoms with van der Waals surface area (Å²) >= 11 is 1.38. The molecule has 0 spiro atoms. The Bertz CT molecular complexity index is 1500. The first-order valence-corrected chi connectivity index (χ1v) is 13.3. The number of amides is 1. The van der Waals surface area contributed by atoms with Gasteiger partial charge in [0.1, 0.15) is 5.00 Å². The number of ether oxygens (including phenoxy) is 2. The van der Waals surface area contributed by atoms with E-state index in [1.807, 2.05) is 24.3 Å². The largest absolute Gasteiger partial charge is 0.465 e. The molecule has 5 rings (SSSR count). The maximum atomic E-state index is 13.2. The number of benzene rings is 2. The van der Waals surface area contributed by atoms with Gasteiger partial charge in [0.05, 0.1) is 29.9 Å². The molecule has 0 saturated carbocycles. The molecule has 2 heterocycles. The van der Waals surface area contributed by atoms with Gasteiger partial charge in [-0.15, -0.1) is 11.3 Å². The zero-order valence-corrected chi connectivity index (χ0v) is 21.9. The van der Waals surface area contributed by atoms with Crippen LogP contribution in [0.15, 0.2) is 60.8 Å². The van der Waals surface area contributed by atoms with Crippen molar-refractivity contribution in [2.75, 3.05) is 12.4 Å². The van der Waals surface area contributed by atoms with Crippen molar-refractivity contribution in [1.82, 2.24) is 9.97 Å². The minimum Gasteiger partial charge on any atom is -0.465 e. The van der Waals surface area contributed by atoms with E-state index in [0.29, 0.717) is 33.9 Å². The molecular weight excluding hydrogens is 502 g/mol. The molecule has 38 heavy (non-hydrogen) atoms. The Labute approximate surface area is 224 Å². The van der Waals surface area contributed by atoms with Gasteiger partial charge < -0.3 is 14.8 Å². The average Bonchev–Trinajstić information content (AvgIpc) is 3.32. The molecule has 1 aliphatic rings. The molecule has 0 fully saturated rings. The number of hydrogen-bond donors (Lipinski definition) is 1. The summed E-state index contributed by atoms with van der Waals surface area (Å²) in [5.74, 6) is -1.41. The molecule has 1 amide bonds. The lowest BCUT2D eigenvalue weighted by atomic mass is 9.83. The fraction of sp³-hybridized carbons (Fsp3) is 0.276. The number of carbonyl (C=O) groups is 3. The van der Waals surface area contributed by atoms with Crippen molar-refractivity contribution in [2.24, 2.45) is 0 Å². The lowest BCUT2D eigenvalue weighted by molar-refractivity contribution is -0.124. The Morgan fingerprint density at radius 3 is 2.53 bits per heavy atom. The van der Waals surface area contributed by atoms with Gasteiger partial charge in [0.25, 0.3) is 5.91 Å². The highest BCUT2D eigenvalue weighted by Crippen LogP contribution is 2.42. The van der Waals surface area contributed by atoms with Crippen LogP contribution in [0.1, 0.15) is 62.5 Å². The number of hydrogen-bond acceptors (Lipinski definition) is 8. The van der Waals surface area contributed by atoms with Gasteiger partial charge in [-0.1, -0.05) is 49.4 Å². The number of rotatable bonds is 7. The van der Waals surface area contributed by atoms with E-state index >= 15 is 0 Å². The molecule has 8 nitrogen and oxygen atoms in total. The number of fused-ring (bicyclic) bond motifs is 2. The monoisotopic (exact) mass is 529 g/mol. The summed E-state index contributed by atoms with van der Waals surface area (Å²) < 4.78 is 10.6. The Hall–Kier alpha value is -4.11. The van der Waals surface area contributed by atoms with Gasteiger partial charge in [0.15, 0.2) is 11.8 Å². The number of carbonyl (C=O) groups excluding carboxylic acids is 3. The topological polar surface area (TPSA) is 107 Å². The van der Waals surface area contributed by atoms with Crippen LogP contribution in [0.3, 0.4) is 0 Å². The van der Waals surface area contributed by atoms with Crippen LogP contribution in [0.5, 0.6) is 0 Å². The van der Waals surface area contributed by atoms with Crippen molar-refractivity contribution in [1.29, 1.82) is 0 Å². The maximum Gasteiger partial charge on any atom is 0.359 e. The number of nitrogens with one attached hydrogen (secondary N) is 1. The second-order valence-corrected chi connectivity index (χ2v) is 10.2. The Kier molecular flexibility index (Phi) is 7.46. The maximum absolute atomic E-state index is 13.2. The van der Waals surface area contributed by atoms with Crippen molar-refractivity contribution < 1.29 is 23.9 Å². The molecule has 0 aliphatic heterocycles. The lowest BCUT2D eigenvalue weighted by Crippen LogP contribution is -2.32. The quantitative estimate of drug-likeness (QED) is 0.323. The number of esters is 2. The van der Waals surface area contributed by atoms with Crippen LogP contribution in [0, 0.1) is 0 Å². The summed E-state index contributed by atoms with van der Waals surface area (Å²) in [5, 5.41) is 3.26. The van der Waals surface area contributed by atoms with Gasteiger partial charge in [-0.05, 0) is 54.9 Å². The fourth-order valence-electron chi connectivity index (χ4n) is 4.76. The van der Waals surface area contributed by atoms with Crippen LogP contribution in [-0.2, 0) is 27.1 Å². The number of methoxy groups -OCH3 is 1. The first-order valence-electron chi connectivity index (χ1n) is 12.5. The van der Waals surface area contributed by atoms with Crippen LogP contribution < -0.4 is 5.32 Å². The van der Waals surface area contributed by atoms with E-state index in [1.54, 1.807) is 25.1 Å². The van der Waals surface area contributed by atoms with Crippen LogP contribution in [0.4, 0.5) is 5.00 Å². The zero-order chi connectivity index (χ0) is 26.6. The Balaban J connectivity index is 1.35. The third-order valence-corrected chi connectivity index (χ3v) is 7.90. The van der Waals surface area contributed by atoms with Crippen LogP contribution in [0.2, 0.25) is 0 Å². The fourth-order valence-corrected chi connectivity index (χ4v) is 6.08. The van der Waals surface area contributed by atoms with E-state index in [4.69, 9.17) is 9.47 Å². The van der Waals surface area contributed by atoms with Crippen molar-refractivity contribution >= 4 is 45.2 Å². The van der Waals surface area contributed by atoms with Gasteiger partial charge in [0.2, 0.25) is 0 Å². The standard InChI is InChI=1S/C29H27N3O5S/c1-3-23(37-28(34)22-16-30-20-11-7-8-12-21(20)31-22)26(33)32-27-25(29(35)36-2)19-14-13-18(15-24(19)38-27)17-9-5-4-6-10-17/h4-12,16,18,23H,3,13-15H2,1-2H3,(H,32,33). The van der Waals surface area contributed by atoms with Gasteiger partial charge >= 0.3 is 11.9 Å². The minimum absolute atomic E-state index is 0.0174. The molecule has 0 radical (unpaired) electrons. The summed E-state index contributed by atoms with van der Waals surface area (Å²) in [4.78, 5) is 48.3. The van der Waals surface area contributed by atoms with E-state index in [2.05, 4.69) is 27.4 Å². The molecule has 9 heteroatoms. The van der Waals surface area contributed by atoms with Crippen LogP contribution in [0.25, 0.3) is 11.0 Å². The zero-order valence-electron chi connectivity index (χ0n) is 21.1. The Morgan fingerprint density at radius 1 is 1.05 bits per heavy atom. The molecule has 2 unspecified atom stereocenters. The lowest BCUT2D eigenvalue weighted by Gasteiger charge is -2.22. The van der Waals surface area contributed by atoms with E-state index in [1.165, 1.54) is 30.2 Å². The van der Waals surface area contributed by atoms with Crippen LogP contribution in [-0.4, -0.2) is 41.0 Å². The molecule has 4 aromatic rings. The average molecular weight is 530 g/mol. The van der Waals surface area contributed by atoms with E-state index in [0.717, 1.165) is 23.3 Å². The number of anilines is 1. The van der Waals surface area contributed by atoms with Crippen molar-refractivity contribution in [3.05, 3.63) is 88.1 Å². The Morgan fingerprint density at radius 2 is 1.79 bits per heavy atom. The van der Waals surface area contributed by atoms with Gasteiger partial charge in [-0.2, -0.15) is 0 Å². The third kappa shape index (κ3) is 5.15. The van der Waals surface area contributed by atoms with Crippen LogP contribution >= 0.6 is 11.3 Å².